The lowest BCUT2D eigenvalue weighted by Gasteiger charge is -2.19. The fraction of sp³-hybridized carbons (Fsp3) is 0. The number of carbonyl (C=O) groups excluding carboxylic acids is 1. The third-order valence-electron chi connectivity index (χ3n) is 3.31. The van der Waals surface area contributed by atoms with Gasteiger partial charge >= 0.3 is 0 Å². The number of nitrogens with zero attached hydrogens (tertiary/aromatic N) is 3. The number of thioether (sulfide) groups is 1. The van der Waals surface area contributed by atoms with Gasteiger partial charge in [0.15, 0.2) is 5.84 Å². The van der Waals surface area contributed by atoms with Crippen molar-refractivity contribution in [2.45, 2.75) is 0 Å². The molecule has 7 heteroatoms. The molecule has 1 N–H and O–H groups in total. The monoisotopic (exact) mass is 338 g/mol. The molecule has 3 heterocycles. The van der Waals surface area contributed by atoms with Crippen molar-refractivity contribution in [1.29, 1.82) is 5.41 Å². The summed E-state index contributed by atoms with van der Waals surface area (Å²) in [5.74, 6) is -0.335. The Morgan fingerprint density at radius 3 is 2.70 bits per heavy atom. The van der Waals surface area contributed by atoms with Crippen molar-refractivity contribution in [2.75, 3.05) is 0 Å². The molecule has 2 aliphatic heterocycles. The third kappa shape index (κ3) is 2.54. The highest BCUT2D eigenvalue weighted by Crippen LogP contribution is 2.31. The van der Waals surface area contributed by atoms with Crippen LogP contribution in [0.3, 0.4) is 0 Å². The highest BCUT2D eigenvalue weighted by atomic mass is 32.2. The summed E-state index contributed by atoms with van der Waals surface area (Å²) in [4.78, 5) is 17.2. The van der Waals surface area contributed by atoms with Crippen LogP contribution < -0.4 is 0 Å². The number of benzene rings is 1. The quantitative estimate of drug-likeness (QED) is 0.853. The van der Waals surface area contributed by atoms with Gasteiger partial charge in [0.1, 0.15) is 5.04 Å². The summed E-state index contributed by atoms with van der Waals surface area (Å²) in [7, 11) is 0. The predicted octanol–water partition coefficient (Wildman–Crippen LogP) is 3.42. The lowest BCUT2D eigenvalue weighted by molar-refractivity contribution is -0.114. The Morgan fingerprint density at radius 2 is 1.96 bits per heavy atom. The molecule has 0 radical (unpaired) electrons. The van der Waals surface area contributed by atoms with E-state index in [0.717, 1.165) is 15.5 Å². The molecule has 1 aromatic carbocycles. The van der Waals surface area contributed by atoms with Crippen molar-refractivity contribution < 1.29 is 4.79 Å². The van der Waals surface area contributed by atoms with Crippen molar-refractivity contribution in [3.05, 3.63) is 63.9 Å². The maximum absolute atomic E-state index is 12.2. The van der Waals surface area contributed by atoms with Crippen LogP contribution in [0, 0.1) is 5.41 Å². The number of hydrogen-bond acceptors (Lipinski definition) is 5. The number of amides is 1. The first-order valence-electron chi connectivity index (χ1n) is 6.81. The zero-order valence-corrected chi connectivity index (χ0v) is 13.4. The van der Waals surface area contributed by atoms with E-state index in [0.29, 0.717) is 5.17 Å². The molecule has 0 fully saturated rings. The van der Waals surface area contributed by atoms with Gasteiger partial charge in [-0.2, -0.15) is 15.1 Å². The van der Waals surface area contributed by atoms with Crippen LogP contribution in [-0.4, -0.2) is 27.0 Å². The van der Waals surface area contributed by atoms with Crippen molar-refractivity contribution in [2.24, 2.45) is 10.1 Å². The predicted molar refractivity (Wildman–Crippen MR) is 94.9 cm³/mol. The second-order valence-electron chi connectivity index (χ2n) is 4.81. The molecule has 2 aliphatic rings. The molecule has 112 valence electrons. The van der Waals surface area contributed by atoms with Crippen LogP contribution in [0.2, 0.25) is 0 Å². The van der Waals surface area contributed by atoms with Crippen molar-refractivity contribution in [3.63, 3.8) is 0 Å². The second kappa shape index (κ2) is 5.60. The molecule has 0 atom stereocenters. The first-order chi connectivity index (χ1) is 11.2. The van der Waals surface area contributed by atoms with Gasteiger partial charge in [-0.25, -0.2) is 0 Å². The number of nitrogens with one attached hydrogen (secondary N) is 1. The number of aliphatic imine (C=N–C) groups is 1. The van der Waals surface area contributed by atoms with Gasteiger partial charge in [0.05, 0.1) is 5.57 Å². The lowest BCUT2D eigenvalue weighted by Crippen LogP contribution is -2.35. The molecular formula is C16H10N4OS2. The molecule has 0 unspecified atom stereocenters. The highest BCUT2D eigenvalue weighted by molar-refractivity contribution is 8.27. The fourth-order valence-corrected chi connectivity index (χ4v) is 3.76. The Labute approximate surface area is 140 Å². The van der Waals surface area contributed by atoms with Crippen molar-refractivity contribution >= 4 is 51.1 Å². The normalized spacial score (nSPS) is 19.0. The van der Waals surface area contributed by atoms with E-state index in [4.69, 9.17) is 5.41 Å². The molecule has 4 rings (SSSR count). The Morgan fingerprint density at radius 1 is 1.13 bits per heavy atom. The molecule has 23 heavy (non-hydrogen) atoms. The molecule has 0 saturated carbocycles. The SMILES string of the molecule is N=C1/C(=C/c2cccs2)C(=O)N=C2SC(c3ccccc3)=NN12. The van der Waals surface area contributed by atoms with E-state index >= 15 is 0 Å². The summed E-state index contributed by atoms with van der Waals surface area (Å²) in [5, 5.41) is 17.3. The average molecular weight is 338 g/mol. The van der Waals surface area contributed by atoms with Gasteiger partial charge < -0.3 is 0 Å². The van der Waals surface area contributed by atoms with Crippen LogP contribution in [0.15, 0.2) is 63.5 Å². The Kier molecular flexibility index (Phi) is 3.44. The van der Waals surface area contributed by atoms with Crippen LogP contribution >= 0.6 is 23.1 Å². The first-order valence-corrected chi connectivity index (χ1v) is 8.51. The number of rotatable bonds is 2. The standard InChI is InChI=1S/C16H10N4OS2/c17-13-12(9-11-7-4-8-22-11)14(21)18-16-20(13)19-15(23-16)10-5-2-1-3-6-10/h1-9,17H/b12-9-,17-13?. The van der Waals surface area contributed by atoms with E-state index in [9.17, 15) is 4.79 Å². The maximum Gasteiger partial charge on any atom is 0.283 e. The third-order valence-corrected chi connectivity index (χ3v) is 5.08. The number of hydrazone groups is 1. The van der Waals surface area contributed by atoms with E-state index in [1.54, 1.807) is 6.08 Å². The molecule has 1 aromatic heterocycles. The number of carbonyl (C=O) groups is 1. The summed E-state index contributed by atoms with van der Waals surface area (Å²) in [6.45, 7) is 0. The molecule has 0 aliphatic carbocycles. The fourth-order valence-electron chi connectivity index (χ4n) is 2.21. The summed E-state index contributed by atoms with van der Waals surface area (Å²) >= 11 is 2.81. The van der Waals surface area contributed by atoms with Gasteiger partial charge in [-0.15, -0.1) is 11.3 Å². The topological polar surface area (TPSA) is 68.9 Å². The second-order valence-corrected chi connectivity index (χ2v) is 6.74. The van der Waals surface area contributed by atoms with Crippen LogP contribution in [-0.2, 0) is 4.79 Å². The largest absolute Gasteiger partial charge is 0.283 e. The molecular weight excluding hydrogens is 328 g/mol. The van der Waals surface area contributed by atoms with E-state index < -0.39 is 5.91 Å². The van der Waals surface area contributed by atoms with Gasteiger partial charge in [-0.05, 0) is 29.3 Å². The van der Waals surface area contributed by atoms with Crippen LogP contribution in [0.1, 0.15) is 10.4 Å². The maximum atomic E-state index is 12.2. The van der Waals surface area contributed by atoms with Crippen LogP contribution in [0.4, 0.5) is 0 Å². The molecule has 5 nitrogen and oxygen atoms in total. The zero-order chi connectivity index (χ0) is 15.8. The van der Waals surface area contributed by atoms with Crippen LogP contribution in [0.25, 0.3) is 6.08 Å². The molecule has 0 spiro atoms. The summed E-state index contributed by atoms with van der Waals surface area (Å²) in [6.07, 6.45) is 1.69. The minimum atomic E-state index is -0.397. The van der Waals surface area contributed by atoms with E-state index in [-0.39, 0.29) is 11.4 Å². The van der Waals surface area contributed by atoms with Gasteiger partial charge in [0.2, 0.25) is 5.17 Å². The van der Waals surface area contributed by atoms with Crippen molar-refractivity contribution in [1.82, 2.24) is 5.01 Å². The summed E-state index contributed by atoms with van der Waals surface area (Å²) < 4.78 is 0. The summed E-state index contributed by atoms with van der Waals surface area (Å²) in [6, 6.07) is 13.5. The molecule has 0 bridgehead atoms. The van der Waals surface area contributed by atoms with E-state index in [1.807, 2.05) is 47.8 Å². The van der Waals surface area contributed by atoms with Crippen LogP contribution in [0.5, 0.6) is 0 Å². The van der Waals surface area contributed by atoms with Gasteiger partial charge in [0, 0.05) is 10.4 Å². The minimum absolute atomic E-state index is 0.0619. The Bertz CT molecular complexity index is 882. The number of thiophene rings is 1. The van der Waals surface area contributed by atoms with Gasteiger partial charge in [-0.1, -0.05) is 36.4 Å². The minimum Gasteiger partial charge on any atom is -0.282 e. The first kappa shape index (κ1) is 14.1. The highest BCUT2D eigenvalue weighted by Gasteiger charge is 2.35. The lowest BCUT2D eigenvalue weighted by atomic mass is 10.1. The number of fused-ring (bicyclic) bond motifs is 1. The smallest absolute Gasteiger partial charge is 0.282 e. The Hall–Kier alpha value is -2.51. The molecule has 2 aromatic rings. The summed E-state index contributed by atoms with van der Waals surface area (Å²) in [5.41, 5.74) is 1.20. The van der Waals surface area contributed by atoms with Gasteiger partial charge in [-0.3, -0.25) is 10.2 Å². The van der Waals surface area contributed by atoms with Crippen molar-refractivity contribution in [3.8, 4) is 0 Å². The average Bonchev–Trinajstić information content (AvgIpc) is 3.22. The number of hydrogen-bond donors (Lipinski definition) is 1. The van der Waals surface area contributed by atoms with E-state index in [1.165, 1.54) is 28.1 Å². The molecule has 1 amide bonds. The zero-order valence-electron chi connectivity index (χ0n) is 11.8. The Balaban J connectivity index is 1.71. The molecule has 0 saturated heterocycles. The number of amidine groups is 2. The van der Waals surface area contributed by atoms with E-state index in [2.05, 4.69) is 10.1 Å². The van der Waals surface area contributed by atoms with Gasteiger partial charge in [0.25, 0.3) is 5.91 Å².